The van der Waals surface area contributed by atoms with E-state index in [4.69, 9.17) is 0 Å². The van der Waals surface area contributed by atoms with E-state index in [1.807, 2.05) is 24.0 Å². The number of aldehydes is 1. The molecule has 7 nitrogen and oxygen atoms in total. The second kappa shape index (κ2) is 8.81. The number of benzene rings is 1. The topological polar surface area (TPSA) is 86.8 Å². The summed E-state index contributed by atoms with van der Waals surface area (Å²) in [4.78, 5) is 51.6. The van der Waals surface area contributed by atoms with Crippen LogP contribution in [-0.2, 0) is 16.0 Å². The summed E-state index contributed by atoms with van der Waals surface area (Å²) in [5.74, 6) is -0.0622. The first kappa shape index (κ1) is 21.5. The van der Waals surface area contributed by atoms with Crippen molar-refractivity contribution in [1.29, 1.82) is 0 Å². The van der Waals surface area contributed by atoms with Crippen molar-refractivity contribution in [1.82, 2.24) is 10.2 Å². The van der Waals surface area contributed by atoms with E-state index in [0.717, 1.165) is 69.9 Å². The monoisotopic (exact) mass is 425 g/mol. The SMILES string of the molecule is CCc1ccc(C(=O)N2CCC3(CCC(C=O)CC3)CC2)cc1N1CCC(=O)NC1=O. The third kappa shape index (κ3) is 4.36. The van der Waals surface area contributed by atoms with Crippen molar-refractivity contribution in [3.8, 4) is 0 Å². The molecule has 0 unspecified atom stereocenters. The van der Waals surface area contributed by atoms with E-state index in [1.54, 1.807) is 11.0 Å². The smallest absolute Gasteiger partial charge is 0.328 e. The van der Waals surface area contributed by atoms with Crippen molar-refractivity contribution in [2.75, 3.05) is 24.5 Å². The average Bonchev–Trinajstić information content (AvgIpc) is 2.79. The fourth-order valence-electron chi connectivity index (χ4n) is 5.30. The summed E-state index contributed by atoms with van der Waals surface area (Å²) in [7, 11) is 0. The van der Waals surface area contributed by atoms with Gasteiger partial charge in [-0.15, -0.1) is 0 Å². The third-order valence-electron chi connectivity index (χ3n) is 7.45. The van der Waals surface area contributed by atoms with Crippen LogP contribution in [0.1, 0.15) is 67.8 Å². The molecule has 166 valence electrons. The van der Waals surface area contributed by atoms with Crippen LogP contribution in [-0.4, -0.2) is 48.7 Å². The van der Waals surface area contributed by atoms with Gasteiger partial charge in [-0.2, -0.15) is 0 Å². The molecule has 4 rings (SSSR count). The zero-order valence-corrected chi connectivity index (χ0v) is 18.2. The highest BCUT2D eigenvalue weighted by Gasteiger charge is 2.39. The molecule has 3 aliphatic rings. The lowest BCUT2D eigenvalue weighted by molar-refractivity contribution is -0.120. The molecular weight excluding hydrogens is 394 g/mol. The highest BCUT2D eigenvalue weighted by molar-refractivity contribution is 6.06. The lowest BCUT2D eigenvalue weighted by atomic mass is 9.65. The molecule has 1 saturated carbocycles. The molecule has 4 amide bonds. The molecular formula is C24H31N3O4. The Kier molecular flexibility index (Phi) is 6.12. The number of carbonyl (C=O) groups excluding carboxylic acids is 4. The molecule has 0 aromatic heterocycles. The molecule has 31 heavy (non-hydrogen) atoms. The highest BCUT2D eigenvalue weighted by atomic mass is 16.2. The maximum Gasteiger partial charge on any atom is 0.328 e. The molecule has 3 fully saturated rings. The van der Waals surface area contributed by atoms with E-state index in [9.17, 15) is 19.2 Å². The molecule has 1 N–H and O–H groups in total. The first-order valence-corrected chi connectivity index (χ1v) is 11.4. The van der Waals surface area contributed by atoms with E-state index in [0.29, 0.717) is 17.8 Å². The minimum absolute atomic E-state index is 0.00572. The molecule has 0 atom stereocenters. The number of hydrogen-bond donors (Lipinski definition) is 1. The maximum absolute atomic E-state index is 13.2. The Morgan fingerprint density at radius 3 is 2.45 bits per heavy atom. The predicted octanol–water partition coefficient (Wildman–Crippen LogP) is 3.31. The van der Waals surface area contributed by atoms with Gasteiger partial charge in [-0.1, -0.05) is 13.0 Å². The van der Waals surface area contributed by atoms with Gasteiger partial charge >= 0.3 is 6.03 Å². The molecule has 2 heterocycles. The largest absolute Gasteiger partial charge is 0.339 e. The van der Waals surface area contributed by atoms with Crippen LogP contribution >= 0.6 is 0 Å². The van der Waals surface area contributed by atoms with Crippen molar-refractivity contribution < 1.29 is 19.2 Å². The van der Waals surface area contributed by atoms with Gasteiger partial charge < -0.3 is 9.69 Å². The lowest BCUT2D eigenvalue weighted by Gasteiger charge is -2.45. The molecule has 1 spiro atoms. The van der Waals surface area contributed by atoms with E-state index in [1.165, 1.54) is 0 Å². The van der Waals surface area contributed by atoms with Crippen molar-refractivity contribution in [2.24, 2.45) is 11.3 Å². The number of nitrogens with zero attached hydrogens (tertiary/aromatic N) is 2. The zero-order chi connectivity index (χ0) is 22.0. The Hall–Kier alpha value is -2.70. The fourth-order valence-corrected chi connectivity index (χ4v) is 5.30. The van der Waals surface area contributed by atoms with E-state index in [2.05, 4.69) is 5.32 Å². The number of carbonyl (C=O) groups is 4. The number of likely N-dealkylation sites (tertiary alicyclic amines) is 1. The number of anilines is 1. The van der Waals surface area contributed by atoms with Gasteiger partial charge in [-0.05, 0) is 68.1 Å². The molecule has 1 aromatic carbocycles. The number of piperidine rings is 1. The average molecular weight is 426 g/mol. The quantitative estimate of drug-likeness (QED) is 0.750. The number of amides is 4. The summed E-state index contributed by atoms with van der Waals surface area (Å²) in [6, 6.07) is 5.13. The van der Waals surface area contributed by atoms with Gasteiger partial charge in [0.25, 0.3) is 5.91 Å². The van der Waals surface area contributed by atoms with Crippen molar-refractivity contribution in [3.05, 3.63) is 29.3 Å². The molecule has 2 aliphatic heterocycles. The third-order valence-corrected chi connectivity index (χ3v) is 7.45. The second-order valence-corrected chi connectivity index (χ2v) is 9.22. The van der Waals surface area contributed by atoms with Crippen LogP contribution in [0.25, 0.3) is 0 Å². The maximum atomic E-state index is 13.2. The summed E-state index contributed by atoms with van der Waals surface area (Å²) < 4.78 is 0. The van der Waals surface area contributed by atoms with Gasteiger partial charge in [0.15, 0.2) is 0 Å². The van der Waals surface area contributed by atoms with Crippen LogP contribution < -0.4 is 10.2 Å². The molecule has 1 aromatic rings. The lowest BCUT2D eigenvalue weighted by Crippen LogP contribution is -2.50. The summed E-state index contributed by atoms with van der Waals surface area (Å²) in [6.07, 6.45) is 8.16. The predicted molar refractivity (Wildman–Crippen MR) is 117 cm³/mol. The van der Waals surface area contributed by atoms with Crippen molar-refractivity contribution >= 4 is 29.8 Å². The van der Waals surface area contributed by atoms with Gasteiger partial charge in [-0.25, -0.2) is 4.79 Å². The molecule has 0 radical (unpaired) electrons. The number of hydrogen-bond acceptors (Lipinski definition) is 4. The molecule has 0 bridgehead atoms. The number of rotatable bonds is 4. The van der Waals surface area contributed by atoms with Crippen LogP contribution in [0.15, 0.2) is 18.2 Å². The fraction of sp³-hybridized carbons (Fsp3) is 0.583. The van der Waals surface area contributed by atoms with Crippen LogP contribution in [0.4, 0.5) is 10.5 Å². The number of aryl methyl sites for hydroxylation is 1. The van der Waals surface area contributed by atoms with Gasteiger partial charge in [0.1, 0.15) is 6.29 Å². The Bertz CT molecular complexity index is 879. The Morgan fingerprint density at radius 2 is 1.84 bits per heavy atom. The van der Waals surface area contributed by atoms with Crippen LogP contribution in [0.2, 0.25) is 0 Å². The van der Waals surface area contributed by atoms with Crippen LogP contribution in [0.5, 0.6) is 0 Å². The van der Waals surface area contributed by atoms with E-state index in [-0.39, 0.29) is 29.6 Å². The van der Waals surface area contributed by atoms with Crippen molar-refractivity contribution in [2.45, 2.75) is 58.3 Å². The molecule has 1 aliphatic carbocycles. The standard InChI is InChI=1S/C24H31N3O4/c1-2-18-3-4-19(15-20(18)27-12-7-21(29)25-23(27)31)22(30)26-13-10-24(11-14-26)8-5-17(16-28)6-9-24/h3-4,15-17H,2,5-14H2,1H3,(H,25,29,31). The molecule has 7 heteroatoms. The Morgan fingerprint density at radius 1 is 1.13 bits per heavy atom. The normalized spacial score (nSPS) is 21.8. The minimum atomic E-state index is -0.429. The summed E-state index contributed by atoms with van der Waals surface area (Å²) in [5, 5.41) is 2.36. The van der Waals surface area contributed by atoms with Crippen molar-refractivity contribution in [3.63, 3.8) is 0 Å². The van der Waals surface area contributed by atoms with E-state index >= 15 is 0 Å². The van der Waals surface area contributed by atoms with E-state index < -0.39 is 6.03 Å². The number of nitrogens with one attached hydrogen (secondary N) is 1. The second-order valence-electron chi connectivity index (χ2n) is 9.22. The number of urea groups is 1. The van der Waals surface area contributed by atoms with Gasteiger partial charge in [-0.3, -0.25) is 19.8 Å². The van der Waals surface area contributed by atoms with Crippen LogP contribution in [0, 0.1) is 11.3 Å². The number of imide groups is 1. The molecule has 2 saturated heterocycles. The summed E-state index contributed by atoms with van der Waals surface area (Å²) in [6.45, 7) is 3.79. The Labute approximate surface area is 183 Å². The van der Waals surface area contributed by atoms with Gasteiger partial charge in [0, 0.05) is 43.2 Å². The first-order chi connectivity index (χ1) is 14.9. The van der Waals surface area contributed by atoms with Gasteiger partial charge in [0.2, 0.25) is 5.91 Å². The minimum Gasteiger partial charge on any atom is -0.339 e. The highest BCUT2D eigenvalue weighted by Crippen LogP contribution is 2.46. The Balaban J connectivity index is 1.46. The zero-order valence-electron chi connectivity index (χ0n) is 18.2. The summed E-state index contributed by atoms with van der Waals surface area (Å²) in [5.41, 5.74) is 2.55. The van der Waals surface area contributed by atoms with Crippen LogP contribution in [0.3, 0.4) is 0 Å². The summed E-state index contributed by atoms with van der Waals surface area (Å²) >= 11 is 0. The first-order valence-electron chi connectivity index (χ1n) is 11.4. The van der Waals surface area contributed by atoms with Gasteiger partial charge in [0.05, 0.1) is 0 Å².